The maximum absolute atomic E-state index is 16.2. The van der Waals surface area contributed by atoms with Crippen molar-refractivity contribution in [3.8, 4) is 0 Å². The molecule has 1 N–H and O–H groups in total. The highest BCUT2D eigenvalue weighted by molar-refractivity contribution is 5.43. The highest BCUT2D eigenvalue weighted by Gasteiger charge is 2.82. The molecular weight excluding hydrogens is 476 g/mol. The monoisotopic (exact) mass is 497 g/mol. The number of hydrogen-bond acceptors (Lipinski definition) is 4. The highest BCUT2D eigenvalue weighted by Crippen LogP contribution is 2.80. The van der Waals surface area contributed by atoms with Crippen LogP contribution in [0.3, 0.4) is 0 Å². The van der Waals surface area contributed by atoms with Gasteiger partial charge in [-0.15, -0.1) is 0 Å². The van der Waals surface area contributed by atoms with E-state index in [1.54, 1.807) is 24.3 Å². The van der Waals surface area contributed by atoms with Crippen molar-refractivity contribution in [3.05, 3.63) is 83.4 Å². The Labute approximate surface area is 196 Å². The molecule has 0 radical (unpaired) electrons. The van der Waals surface area contributed by atoms with Gasteiger partial charge in [-0.2, -0.15) is 13.9 Å². The topological polar surface area (TPSA) is 60.2 Å². The lowest BCUT2D eigenvalue weighted by Crippen LogP contribution is -2.76. The second-order valence-corrected chi connectivity index (χ2v) is 9.51. The van der Waals surface area contributed by atoms with Crippen LogP contribution in [0.1, 0.15) is 36.0 Å². The van der Waals surface area contributed by atoms with Gasteiger partial charge in [0.1, 0.15) is 24.3 Å². The summed E-state index contributed by atoms with van der Waals surface area (Å²) in [6.07, 6.45) is 2.37. The van der Waals surface area contributed by atoms with Crippen molar-refractivity contribution in [2.75, 3.05) is 0 Å². The zero-order valence-electron chi connectivity index (χ0n) is 18.3. The minimum absolute atomic E-state index is 0.0440. The summed E-state index contributed by atoms with van der Waals surface area (Å²) >= 11 is 0. The van der Waals surface area contributed by atoms with Crippen LogP contribution in [0, 0.1) is 17.0 Å². The fourth-order valence-electron chi connectivity index (χ4n) is 5.71. The van der Waals surface area contributed by atoms with Gasteiger partial charge in [0, 0.05) is 17.0 Å². The summed E-state index contributed by atoms with van der Waals surface area (Å²) in [7, 11) is 0. The average molecular weight is 497 g/mol. The molecular formula is C24H21F6N3O2. The second kappa shape index (κ2) is 8.06. The molecule has 2 bridgehead atoms. The number of alkyl halides is 4. The van der Waals surface area contributed by atoms with Crippen LogP contribution in [0.5, 0.6) is 0 Å². The van der Waals surface area contributed by atoms with Crippen molar-refractivity contribution in [1.82, 2.24) is 14.8 Å². The van der Waals surface area contributed by atoms with Gasteiger partial charge < -0.3 is 9.84 Å². The number of aliphatic hydroxyl groups is 1. The fraction of sp³-hybridized carbons (Fsp3) is 0.417. The van der Waals surface area contributed by atoms with Gasteiger partial charge in [0.25, 0.3) is 5.92 Å². The van der Waals surface area contributed by atoms with E-state index in [0.29, 0.717) is 11.6 Å². The first-order valence-electron chi connectivity index (χ1n) is 10.9. The molecule has 3 aromatic rings. The minimum atomic E-state index is -3.79. The third-order valence-electron chi connectivity index (χ3n) is 7.39. The second-order valence-electron chi connectivity index (χ2n) is 9.51. The quantitative estimate of drug-likeness (QED) is 0.426. The van der Waals surface area contributed by atoms with Crippen molar-refractivity contribution in [3.63, 3.8) is 0 Å². The molecule has 3 saturated carbocycles. The van der Waals surface area contributed by atoms with Crippen LogP contribution in [-0.2, 0) is 28.9 Å². The molecule has 0 saturated heterocycles. The number of ether oxygens (including phenoxy) is 1. The molecule has 2 aromatic carbocycles. The SMILES string of the molecule is OC(Cn1cncn1)(c1ccc(F)cc1F)C(F)(F)C12CC(c3ccc(COC(F)F)cc3)(C1)C2. The van der Waals surface area contributed by atoms with Gasteiger partial charge in [0.2, 0.25) is 0 Å². The Morgan fingerprint density at radius 3 is 2.31 bits per heavy atom. The average Bonchev–Trinajstić information content (AvgIpc) is 3.23. The van der Waals surface area contributed by atoms with Crippen LogP contribution in [0.4, 0.5) is 26.3 Å². The molecule has 1 heterocycles. The molecule has 1 aromatic heterocycles. The third kappa shape index (κ3) is 3.63. The molecule has 3 fully saturated rings. The van der Waals surface area contributed by atoms with Gasteiger partial charge in [-0.05, 0) is 47.9 Å². The highest BCUT2D eigenvalue weighted by atomic mass is 19.3. The van der Waals surface area contributed by atoms with E-state index in [1.165, 1.54) is 0 Å². The molecule has 1 atom stereocenters. The maximum Gasteiger partial charge on any atom is 0.345 e. The lowest BCUT2D eigenvalue weighted by atomic mass is 9.30. The third-order valence-corrected chi connectivity index (χ3v) is 7.39. The first-order valence-corrected chi connectivity index (χ1v) is 10.9. The summed E-state index contributed by atoms with van der Waals surface area (Å²) in [6.45, 7) is -3.95. The summed E-state index contributed by atoms with van der Waals surface area (Å²) in [5.74, 6) is -6.03. The maximum atomic E-state index is 16.2. The Balaban J connectivity index is 1.41. The number of hydrogen-bond donors (Lipinski definition) is 1. The van der Waals surface area contributed by atoms with Crippen LogP contribution in [0.25, 0.3) is 0 Å². The zero-order chi connectivity index (χ0) is 25.1. The summed E-state index contributed by atoms with van der Waals surface area (Å²) in [5, 5.41) is 15.2. The number of aromatic nitrogens is 3. The van der Waals surface area contributed by atoms with E-state index < -0.39 is 52.7 Å². The summed E-state index contributed by atoms with van der Waals surface area (Å²) in [5.41, 5.74) is -4.57. The molecule has 11 heteroatoms. The molecule has 1 unspecified atom stereocenters. The van der Waals surface area contributed by atoms with Crippen LogP contribution in [0.2, 0.25) is 0 Å². The predicted octanol–water partition coefficient (Wildman–Crippen LogP) is 4.94. The largest absolute Gasteiger partial charge is 0.377 e. The Morgan fingerprint density at radius 1 is 1.06 bits per heavy atom. The van der Waals surface area contributed by atoms with Gasteiger partial charge in [0.05, 0.1) is 13.2 Å². The Kier molecular flexibility index (Phi) is 5.48. The lowest BCUT2D eigenvalue weighted by molar-refractivity contribution is -0.347. The molecule has 3 aliphatic rings. The standard InChI is InChI=1S/C24H21F6N3O2/c25-17-5-6-18(19(26)7-17)23(34,12-33-14-31-13-32-33)24(29,30)22-9-21(10-22,11-22)16-3-1-15(2-4-16)8-35-20(27)28/h1-7,13-14,20,34H,8-12H2. The van der Waals surface area contributed by atoms with Crippen molar-refractivity contribution < 1.29 is 36.2 Å². The predicted molar refractivity (Wildman–Crippen MR) is 110 cm³/mol. The lowest BCUT2D eigenvalue weighted by Gasteiger charge is -2.74. The smallest absolute Gasteiger partial charge is 0.345 e. The van der Waals surface area contributed by atoms with E-state index >= 15 is 8.78 Å². The van der Waals surface area contributed by atoms with E-state index in [0.717, 1.165) is 35.0 Å². The van der Waals surface area contributed by atoms with Crippen LogP contribution in [0.15, 0.2) is 55.1 Å². The summed E-state index contributed by atoms with van der Waals surface area (Å²) in [4.78, 5) is 3.70. The summed E-state index contributed by atoms with van der Waals surface area (Å²) in [6, 6.07) is 8.73. The van der Waals surface area contributed by atoms with E-state index in [-0.39, 0.29) is 25.9 Å². The van der Waals surface area contributed by atoms with E-state index in [1.807, 2.05) is 0 Å². The van der Waals surface area contributed by atoms with Gasteiger partial charge in [-0.25, -0.2) is 27.2 Å². The molecule has 0 spiro atoms. The van der Waals surface area contributed by atoms with Gasteiger partial charge in [-0.3, -0.25) is 0 Å². The van der Waals surface area contributed by atoms with E-state index in [2.05, 4.69) is 14.8 Å². The van der Waals surface area contributed by atoms with Crippen molar-refractivity contribution in [2.24, 2.45) is 5.41 Å². The van der Waals surface area contributed by atoms with Crippen LogP contribution in [-0.4, -0.2) is 32.4 Å². The molecule has 186 valence electrons. The van der Waals surface area contributed by atoms with Crippen molar-refractivity contribution >= 4 is 0 Å². The normalized spacial score (nSPS) is 25.1. The Bertz CT molecular complexity index is 1200. The van der Waals surface area contributed by atoms with Crippen molar-refractivity contribution in [2.45, 2.75) is 56.0 Å². The number of halogens is 6. The number of rotatable bonds is 9. The van der Waals surface area contributed by atoms with E-state index in [4.69, 9.17) is 0 Å². The van der Waals surface area contributed by atoms with Gasteiger partial charge in [0.15, 0.2) is 5.60 Å². The van der Waals surface area contributed by atoms with Crippen molar-refractivity contribution in [1.29, 1.82) is 0 Å². The number of benzene rings is 2. The first kappa shape index (κ1) is 23.8. The molecule has 35 heavy (non-hydrogen) atoms. The first-order chi connectivity index (χ1) is 16.5. The van der Waals surface area contributed by atoms with Crippen LogP contribution < -0.4 is 0 Å². The molecule has 3 aliphatic carbocycles. The Hall–Kier alpha value is -2.92. The summed E-state index contributed by atoms with van der Waals surface area (Å²) < 4.78 is 90.2. The van der Waals surface area contributed by atoms with Gasteiger partial charge >= 0.3 is 6.61 Å². The minimum Gasteiger partial charge on any atom is -0.377 e. The fourth-order valence-corrected chi connectivity index (χ4v) is 5.71. The Morgan fingerprint density at radius 2 is 1.74 bits per heavy atom. The molecule has 0 aliphatic heterocycles. The molecule has 5 nitrogen and oxygen atoms in total. The number of nitrogens with zero attached hydrogens (tertiary/aromatic N) is 3. The molecule has 6 rings (SSSR count). The molecule has 0 amide bonds. The van der Waals surface area contributed by atoms with Crippen LogP contribution >= 0.6 is 0 Å². The van der Waals surface area contributed by atoms with E-state index in [9.17, 15) is 22.7 Å². The van der Waals surface area contributed by atoms with Gasteiger partial charge in [-0.1, -0.05) is 24.3 Å². The zero-order valence-corrected chi connectivity index (χ0v) is 18.3.